The number of rotatable bonds is 8. The molecule has 22 heteroatoms. The van der Waals surface area contributed by atoms with Gasteiger partial charge >= 0.3 is 23.5 Å². The third kappa shape index (κ3) is 5.75. The highest BCUT2D eigenvalue weighted by atomic mass is 31.3. The fraction of sp³-hybridized carbons (Fsp3) is 0.545. The van der Waals surface area contributed by atoms with Gasteiger partial charge in [0.1, 0.15) is 17.8 Å². The Morgan fingerprint density at radius 1 is 1.21 bits per heavy atom. The number of fused-ring (bicyclic) bond motifs is 1. The van der Waals surface area contributed by atoms with Crippen molar-refractivity contribution in [3.05, 3.63) is 16.7 Å². The van der Waals surface area contributed by atoms with Crippen LogP contribution in [0.15, 0.2) is 11.1 Å². The van der Waals surface area contributed by atoms with Crippen LogP contribution in [0.5, 0.6) is 0 Å². The number of hydrogen-bond acceptors (Lipinski definition) is 13. The fourth-order valence-electron chi connectivity index (χ4n) is 2.92. The van der Waals surface area contributed by atoms with Crippen molar-refractivity contribution < 1.29 is 61.4 Å². The van der Waals surface area contributed by atoms with Crippen LogP contribution >= 0.6 is 23.5 Å². The van der Waals surface area contributed by atoms with E-state index in [0.717, 1.165) is 17.8 Å². The highest BCUT2D eigenvalue weighted by molar-refractivity contribution is 7.66. The molecule has 1 aliphatic heterocycles. The van der Waals surface area contributed by atoms with Crippen LogP contribution in [0, 0.1) is 0 Å². The molecular weight excluding hydrogens is 519 g/mol. The van der Waals surface area contributed by atoms with E-state index < -0.39 is 59.7 Å². The lowest BCUT2D eigenvalue weighted by Crippen LogP contribution is -2.44. The number of anilines is 1. The summed E-state index contributed by atoms with van der Waals surface area (Å²) >= 11 is 0. The molecule has 6 atom stereocenters. The second-order valence-corrected chi connectivity index (χ2v) is 11.3. The molecule has 1 fully saturated rings. The Hall–Kier alpha value is -1.56. The van der Waals surface area contributed by atoms with Crippen molar-refractivity contribution in [1.82, 2.24) is 19.5 Å². The number of nitrogens with two attached hydrogens (primary N) is 1. The van der Waals surface area contributed by atoms with Crippen molar-refractivity contribution in [2.45, 2.75) is 31.0 Å². The molecule has 0 bridgehead atoms. The fourth-order valence-corrected chi connectivity index (χ4v) is 6.03. The van der Waals surface area contributed by atoms with Crippen LogP contribution in [-0.4, -0.2) is 73.7 Å². The van der Waals surface area contributed by atoms with Crippen molar-refractivity contribution in [2.24, 2.45) is 0 Å². The molecule has 3 heterocycles. The molecule has 0 radical (unpaired) electrons. The lowest BCUT2D eigenvalue weighted by Gasteiger charge is -2.28. The molecule has 2 aromatic rings. The number of phosphoric acid groups is 3. The van der Waals surface area contributed by atoms with Crippen LogP contribution in [0.4, 0.5) is 5.95 Å². The largest absolute Gasteiger partial charge is 0.490 e. The van der Waals surface area contributed by atoms with E-state index in [9.17, 15) is 38.5 Å². The molecule has 33 heavy (non-hydrogen) atoms. The molecule has 2 aromatic heterocycles. The molecule has 9 N–H and O–H groups in total. The first kappa shape index (κ1) is 26.1. The summed E-state index contributed by atoms with van der Waals surface area (Å²) in [6, 6.07) is 0. The van der Waals surface area contributed by atoms with Crippen molar-refractivity contribution in [2.75, 3.05) is 12.3 Å². The van der Waals surface area contributed by atoms with Gasteiger partial charge in [-0.1, -0.05) is 0 Å². The van der Waals surface area contributed by atoms with Crippen LogP contribution < -0.4 is 11.3 Å². The zero-order chi connectivity index (χ0) is 25.0. The number of nitrogens with zero attached hydrogens (tertiary/aromatic N) is 3. The number of aromatic amines is 1. The van der Waals surface area contributed by atoms with Crippen LogP contribution in [-0.2, 0) is 31.6 Å². The van der Waals surface area contributed by atoms with Gasteiger partial charge in [0, 0.05) is 0 Å². The van der Waals surface area contributed by atoms with E-state index in [2.05, 4.69) is 28.1 Å². The number of aliphatic hydroxyl groups is 2. The lowest BCUT2D eigenvalue weighted by molar-refractivity contribution is -0.113. The van der Waals surface area contributed by atoms with Crippen LogP contribution in [0.1, 0.15) is 13.2 Å². The predicted octanol–water partition coefficient (Wildman–Crippen LogP) is -1.95. The number of ether oxygens (including phenoxy) is 1. The summed E-state index contributed by atoms with van der Waals surface area (Å²) in [6.07, 6.45) is -3.92. The van der Waals surface area contributed by atoms with Gasteiger partial charge in [-0.15, -0.1) is 0 Å². The maximum absolute atomic E-state index is 11.9. The Morgan fingerprint density at radius 3 is 2.45 bits per heavy atom. The molecule has 19 nitrogen and oxygen atoms in total. The summed E-state index contributed by atoms with van der Waals surface area (Å²) in [7, 11) is -16.9. The van der Waals surface area contributed by atoms with Crippen LogP contribution in [0.3, 0.4) is 0 Å². The third-order valence-corrected chi connectivity index (χ3v) is 8.07. The van der Waals surface area contributed by atoms with Crippen LogP contribution in [0.25, 0.3) is 11.2 Å². The molecule has 0 amide bonds. The Labute approximate surface area is 182 Å². The summed E-state index contributed by atoms with van der Waals surface area (Å²) in [5, 5.41) is 20.8. The lowest BCUT2D eigenvalue weighted by atomic mass is 9.99. The zero-order valence-corrected chi connectivity index (χ0v) is 18.9. The number of imidazole rings is 1. The van der Waals surface area contributed by atoms with Gasteiger partial charge in [0.25, 0.3) is 5.56 Å². The maximum Gasteiger partial charge on any atom is 0.490 e. The first-order valence-electron chi connectivity index (χ1n) is 8.48. The van der Waals surface area contributed by atoms with E-state index in [0.29, 0.717) is 0 Å². The zero-order valence-electron chi connectivity index (χ0n) is 16.2. The molecule has 0 spiro atoms. The van der Waals surface area contributed by atoms with Gasteiger partial charge in [-0.25, -0.2) is 18.7 Å². The Kier molecular flexibility index (Phi) is 6.78. The number of H-pyrrole nitrogens is 1. The van der Waals surface area contributed by atoms with E-state index in [1.807, 2.05) is 0 Å². The second-order valence-electron chi connectivity index (χ2n) is 6.90. The van der Waals surface area contributed by atoms with Gasteiger partial charge in [0.2, 0.25) is 5.95 Å². The number of aromatic nitrogens is 4. The molecule has 0 saturated carbocycles. The normalized spacial score (nSPS) is 29.7. The predicted molar refractivity (Wildman–Crippen MR) is 103 cm³/mol. The number of aliphatic hydroxyl groups excluding tert-OH is 2. The maximum atomic E-state index is 11.9. The number of nitrogen functional groups attached to an aromatic ring is 1. The summed E-state index contributed by atoms with van der Waals surface area (Å²) in [6.45, 7) is 0.0769. The highest BCUT2D eigenvalue weighted by Crippen LogP contribution is 2.66. The minimum Gasteiger partial charge on any atom is -0.387 e. The van der Waals surface area contributed by atoms with Gasteiger partial charge < -0.3 is 40.3 Å². The quantitative estimate of drug-likeness (QED) is 0.170. The SMILES string of the molecule is CC1(COP(=O)(O)OP(=O)(O)OP(=O)(O)O)OC(n2cnc3c(=O)[nH]c(N)nc32)C(O)C1O. The van der Waals surface area contributed by atoms with Crippen molar-refractivity contribution in [3.63, 3.8) is 0 Å². The Balaban J connectivity index is 1.79. The topological polar surface area (TPSA) is 299 Å². The summed E-state index contributed by atoms with van der Waals surface area (Å²) in [5.74, 6) is -0.280. The summed E-state index contributed by atoms with van der Waals surface area (Å²) < 4.78 is 52.3. The Morgan fingerprint density at radius 2 is 1.85 bits per heavy atom. The van der Waals surface area contributed by atoms with Gasteiger partial charge in [0.05, 0.1) is 12.9 Å². The molecule has 3 rings (SSSR count). The minimum atomic E-state index is -5.75. The van der Waals surface area contributed by atoms with Crippen molar-refractivity contribution in [3.8, 4) is 0 Å². The Bertz CT molecular complexity index is 1260. The summed E-state index contributed by atoms with van der Waals surface area (Å²) in [4.78, 5) is 57.7. The van der Waals surface area contributed by atoms with E-state index in [1.54, 1.807) is 0 Å². The van der Waals surface area contributed by atoms with Gasteiger partial charge in [-0.05, 0) is 6.92 Å². The van der Waals surface area contributed by atoms with Gasteiger partial charge in [-0.3, -0.25) is 18.9 Å². The first-order chi connectivity index (χ1) is 14.9. The van der Waals surface area contributed by atoms with Gasteiger partial charge in [-0.2, -0.15) is 13.6 Å². The van der Waals surface area contributed by atoms with E-state index >= 15 is 0 Å². The van der Waals surface area contributed by atoms with E-state index in [-0.39, 0.29) is 17.1 Å². The van der Waals surface area contributed by atoms with Crippen molar-refractivity contribution in [1.29, 1.82) is 0 Å². The molecule has 186 valence electrons. The van der Waals surface area contributed by atoms with E-state index in [4.69, 9.17) is 20.3 Å². The minimum absolute atomic E-state index is 0.121. The standard InChI is InChI=1S/C11H18N5O14P3/c1-11(2-27-32(23,24)30-33(25,26)29-31(20,21)22)6(18)5(17)9(28-11)16-3-13-4-7(16)14-10(12)15-8(4)19/h3,5-6,9,17-18H,2H2,1H3,(H,23,24)(H,25,26)(H2,20,21,22)(H3,12,14,15,19). The molecular formula is C11H18N5O14P3. The third-order valence-electron chi connectivity index (χ3n) is 4.29. The first-order valence-corrected chi connectivity index (χ1v) is 13.0. The smallest absolute Gasteiger partial charge is 0.387 e. The molecule has 0 aliphatic carbocycles. The number of hydrogen-bond donors (Lipinski definition) is 8. The van der Waals surface area contributed by atoms with Crippen molar-refractivity contribution >= 4 is 40.6 Å². The second kappa shape index (κ2) is 8.58. The average Bonchev–Trinajstić information content (AvgIpc) is 3.12. The summed E-state index contributed by atoms with van der Waals surface area (Å²) in [5.41, 5.74) is 2.55. The average molecular weight is 537 g/mol. The number of phosphoric ester groups is 1. The molecule has 0 aromatic carbocycles. The van der Waals surface area contributed by atoms with Crippen LogP contribution in [0.2, 0.25) is 0 Å². The highest BCUT2D eigenvalue weighted by Gasteiger charge is 2.54. The molecule has 1 aliphatic rings. The molecule has 6 unspecified atom stereocenters. The van der Waals surface area contributed by atoms with Gasteiger partial charge in [0.15, 0.2) is 17.4 Å². The monoisotopic (exact) mass is 537 g/mol. The molecule has 1 saturated heterocycles. The van der Waals surface area contributed by atoms with E-state index in [1.165, 1.54) is 0 Å². The number of nitrogens with one attached hydrogen (secondary N) is 1.